The van der Waals surface area contributed by atoms with Crippen molar-refractivity contribution < 1.29 is 19.1 Å². The topological polar surface area (TPSA) is 134 Å². The monoisotopic (exact) mass is 567 g/mol. The number of likely N-dealkylation sites (tertiary alicyclic amines) is 1. The third-order valence-electron chi connectivity index (χ3n) is 5.85. The molecule has 2 aromatic heterocycles. The molecular formula is C27H26ClN5O5S. The number of anilines is 1. The molecule has 0 bridgehead atoms. The fraction of sp³-hybridized carbons (Fsp3) is 0.296. The Bertz CT molecular complexity index is 1520. The molecule has 12 heteroatoms. The van der Waals surface area contributed by atoms with Crippen molar-refractivity contribution in [3.05, 3.63) is 79.9 Å². The molecule has 1 aromatic carbocycles. The third-order valence-corrected chi connectivity index (χ3v) is 7.08. The number of nitriles is 1. The van der Waals surface area contributed by atoms with Gasteiger partial charge in [-0.3, -0.25) is 23.9 Å². The second kappa shape index (κ2) is 11.3. The van der Waals surface area contributed by atoms with Gasteiger partial charge in [0.1, 0.15) is 17.7 Å². The zero-order valence-corrected chi connectivity index (χ0v) is 23.0. The number of carbonyl (C=O) groups excluding carboxylic acids is 3. The van der Waals surface area contributed by atoms with Gasteiger partial charge in [0.2, 0.25) is 5.91 Å². The van der Waals surface area contributed by atoms with Crippen molar-refractivity contribution in [2.75, 3.05) is 11.9 Å². The van der Waals surface area contributed by atoms with Gasteiger partial charge >= 0.3 is 6.09 Å². The van der Waals surface area contributed by atoms with E-state index in [-0.39, 0.29) is 35.7 Å². The summed E-state index contributed by atoms with van der Waals surface area (Å²) >= 11 is 7.07. The van der Waals surface area contributed by atoms with E-state index < -0.39 is 29.7 Å². The van der Waals surface area contributed by atoms with E-state index in [1.807, 2.05) is 6.07 Å². The summed E-state index contributed by atoms with van der Waals surface area (Å²) in [5.41, 5.74) is -0.247. The zero-order valence-electron chi connectivity index (χ0n) is 21.4. The highest BCUT2D eigenvalue weighted by atomic mass is 35.5. The van der Waals surface area contributed by atoms with Gasteiger partial charge in [0.15, 0.2) is 0 Å². The van der Waals surface area contributed by atoms with Crippen molar-refractivity contribution >= 4 is 46.5 Å². The highest BCUT2D eigenvalue weighted by Crippen LogP contribution is 2.26. The van der Waals surface area contributed by atoms with E-state index >= 15 is 0 Å². The lowest BCUT2D eigenvalue weighted by Gasteiger charge is -2.28. The van der Waals surface area contributed by atoms with Crippen LogP contribution in [0.5, 0.6) is 0 Å². The molecule has 1 saturated heterocycles. The molecule has 3 heterocycles. The fourth-order valence-corrected chi connectivity index (χ4v) is 5.09. The maximum absolute atomic E-state index is 13.4. The van der Waals surface area contributed by atoms with Crippen molar-refractivity contribution in [1.82, 2.24) is 14.8 Å². The minimum atomic E-state index is -0.972. The average molecular weight is 568 g/mol. The lowest BCUT2D eigenvalue weighted by molar-refractivity contribution is -0.120. The highest BCUT2D eigenvalue weighted by molar-refractivity contribution is 7.18. The first kappa shape index (κ1) is 27.9. The van der Waals surface area contributed by atoms with Gasteiger partial charge < -0.3 is 15.4 Å². The number of thiophene rings is 1. The predicted octanol–water partition coefficient (Wildman–Crippen LogP) is 4.17. The van der Waals surface area contributed by atoms with Crippen molar-refractivity contribution in [2.45, 2.75) is 44.9 Å². The Morgan fingerprint density at radius 3 is 2.56 bits per heavy atom. The Balaban J connectivity index is 1.55. The molecular weight excluding hydrogens is 542 g/mol. The number of nitrogens with one attached hydrogen (secondary N) is 2. The van der Waals surface area contributed by atoms with Crippen LogP contribution in [0.25, 0.3) is 5.69 Å². The summed E-state index contributed by atoms with van der Waals surface area (Å²) in [5, 5.41) is 15.3. The molecule has 2 unspecified atom stereocenters. The Morgan fingerprint density at radius 1 is 1.15 bits per heavy atom. The number of rotatable bonds is 5. The first-order valence-corrected chi connectivity index (χ1v) is 13.2. The van der Waals surface area contributed by atoms with E-state index in [1.54, 1.807) is 57.3 Å². The molecule has 1 fully saturated rings. The van der Waals surface area contributed by atoms with Crippen LogP contribution in [0.3, 0.4) is 0 Å². The summed E-state index contributed by atoms with van der Waals surface area (Å²) in [6.45, 7) is 5.21. The Hall–Kier alpha value is -4.14. The van der Waals surface area contributed by atoms with Gasteiger partial charge in [0.25, 0.3) is 11.5 Å². The van der Waals surface area contributed by atoms with E-state index in [1.165, 1.54) is 27.7 Å². The van der Waals surface area contributed by atoms with Gasteiger partial charge in [-0.25, -0.2) is 4.79 Å². The maximum Gasteiger partial charge on any atom is 0.411 e. The predicted molar refractivity (Wildman–Crippen MR) is 147 cm³/mol. The number of nitrogens with zero attached hydrogens (tertiary/aromatic N) is 3. The number of benzene rings is 1. The van der Waals surface area contributed by atoms with E-state index in [2.05, 4.69) is 10.6 Å². The van der Waals surface area contributed by atoms with E-state index in [9.17, 15) is 24.4 Å². The number of amides is 3. The first-order chi connectivity index (χ1) is 18.4. The van der Waals surface area contributed by atoms with Crippen molar-refractivity contribution in [1.29, 1.82) is 5.26 Å². The Kier molecular flexibility index (Phi) is 8.09. The molecule has 2 atom stereocenters. The second-order valence-corrected chi connectivity index (χ2v) is 11.6. The van der Waals surface area contributed by atoms with Crippen LogP contribution >= 0.6 is 22.9 Å². The number of ether oxygens (including phenoxy) is 1. The van der Waals surface area contributed by atoms with Crippen LogP contribution in [-0.4, -0.2) is 51.6 Å². The number of aromatic nitrogens is 1. The van der Waals surface area contributed by atoms with E-state index in [4.69, 9.17) is 16.3 Å². The smallest absolute Gasteiger partial charge is 0.411 e. The van der Waals surface area contributed by atoms with Crippen LogP contribution in [-0.2, 0) is 9.53 Å². The third kappa shape index (κ3) is 6.66. The Morgan fingerprint density at radius 2 is 1.92 bits per heavy atom. The normalized spacial score (nSPS) is 16.8. The van der Waals surface area contributed by atoms with E-state index in [0.717, 1.165) is 11.3 Å². The second-order valence-electron chi connectivity index (χ2n) is 9.90. The van der Waals surface area contributed by atoms with Gasteiger partial charge in [0.05, 0.1) is 26.2 Å². The summed E-state index contributed by atoms with van der Waals surface area (Å²) in [7, 11) is 0. The summed E-state index contributed by atoms with van der Waals surface area (Å²) in [6.07, 6.45) is 1.01. The fourth-order valence-electron chi connectivity index (χ4n) is 4.14. The molecule has 0 saturated carbocycles. The van der Waals surface area contributed by atoms with Crippen LogP contribution < -0.4 is 16.2 Å². The van der Waals surface area contributed by atoms with Crippen LogP contribution in [0.4, 0.5) is 10.5 Å². The number of hydrogen-bond donors (Lipinski definition) is 2. The van der Waals surface area contributed by atoms with Gasteiger partial charge in [0, 0.05) is 24.8 Å². The molecule has 2 N–H and O–H groups in total. The first-order valence-electron chi connectivity index (χ1n) is 12.0. The highest BCUT2D eigenvalue weighted by Gasteiger charge is 2.42. The molecule has 1 aliphatic rings. The molecule has 0 spiro atoms. The zero-order chi connectivity index (χ0) is 28.3. The van der Waals surface area contributed by atoms with Crippen molar-refractivity contribution in [3.8, 4) is 11.8 Å². The number of carbonyl (C=O) groups is 3. The molecule has 0 radical (unpaired) electrons. The quantitative estimate of drug-likeness (QED) is 0.475. The summed E-state index contributed by atoms with van der Waals surface area (Å²) < 4.78 is 7.35. The summed E-state index contributed by atoms with van der Waals surface area (Å²) in [6, 6.07) is 13.1. The SMILES string of the molecule is CC(C)(C)OC(=O)N1CC(NC(=O)c2ccc(Cl)s2)CC1C(=O)Nc1ccc(-n2ccccc2=O)cc1C#N. The van der Waals surface area contributed by atoms with Gasteiger partial charge in [-0.15, -0.1) is 11.3 Å². The molecule has 3 aromatic rings. The van der Waals surface area contributed by atoms with Crippen LogP contribution in [0.1, 0.15) is 42.4 Å². The maximum atomic E-state index is 13.4. The number of pyridine rings is 1. The summed E-state index contributed by atoms with van der Waals surface area (Å²) in [5.74, 6) is -0.904. The van der Waals surface area contributed by atoms with Crippen molar-refractivity contribution in [2.24, 2.45) is 0 Å². The number of halogens is 1. The van der Waals surface area contributed by atoms with Crippen LogP contribution in [0.15, 0.2) is 59.5 Å². The minimum absolute atomic E-state index is 0.0544. The van der Waals surface area contributed by atoms with Crippen molar-refractivity contribution in [3.63, 3.8) is 0 Å². The van der Waals surface area contributed by atoms with E-state index in [0.29, 0.717) is 14.9 Å². The average Bonchev–Trinajstić information content (AvgIpc) is 3.50. The molecule has 39 heavy (non-hydrogen) atoms. The minimum Gasteiger partial charge on any atom is -0.444 e. The van der Waals surface area contributed by atoms with Gasteiger partial charge in [-0.1, -0.05) is 17.7 Å². The molecule has 202 valence electrons. The molecule has 1 aliphatic heterocycles. The van der Waals surface area contributed by atoms with Gasteiger partial charge in [-0.05, 0) is 63.6 Å². The Labute approximate surface area is 233 Å². The van der Waals surface area contributed by atoms with Crippen LogP contribution in [0.2, 0.25) is 4.34 Å². The molecule has 4 rings (SSSR count). The molecule has 3 amide bonds. The van der Waals surface area contributed by atoms with Gasteiger partial charge in [-0.2, -0.15) is 5.26 Å². The summed E-state index contributed by atoms with van der Waals surface area (Å²) in [4.78, 5) is 53.0. The lowest BCUT2D eigenvalue weighted by Crippen LogP contribution is -2.45. The molecule has 0 aliphatic carbocycles. The number of hydrogen-bond acceptors (Lipinski definition) is 7. The largest absolute Gasteiger partial charge is 0.444 e. The molecule has 10 nitrogen and oxygen atoms in total. The lowest BCUT2D eigenvalue weighted by atomic mass is 10.1. The standard InChI is InChI=1S/C27H26ClN5O5S/c1-27(2,3)38-26(37)33-15-17(30-25(36)21-9-10-22(28)39-21)13-20(33)24(35)31-19-8-7-18(12-16(19)14-29)32-11-5-4-6-23(32)34/h4-12,17,20H,13,15H2,1-3H3,(H,30,36)(H,31,35). The van der Waals surface area contributed by atoms with Crippen LogP contribution in [0, 0.1) is 11.3 Å².